The minimum absolute atomic E-state index is 0.0744. The smallest absolute Gasteiger partial charge is 0.282 e. The van der Waals surface area contributed by atoms with Crippen molar-refractivity contribution in [1.82, 2.24) is 5.73 Å². The second-order valence-corrected chi connectivity index (χ2v) is 6.38. The van der Waals surface area contributed by atoms with Crippen LogP contribution >= 0.6 is 0 Å². The average Bonchev–Trinajstić information content (AvgIpc) is 2.23. The Balaban J connectivity index is 3.40. The van der Waals surface area contributed by atoms with Gasteiger partial charge in [0, 0.05) is 6.54 Å². The van der Waals surface area contributed by atoms with Gasteiger partial charge in [-0.15, -0.1) is 0 Å². The molecule has 1 aromatic carbocycles. The molecule has 1 rings (SSSR count). The Labute approximate surface area is 105 Å². The molecule has 101 valence electrons. The van der Waals surface area contributed by atoms with Crippen LogP contribution < -0.4 is 5.73 Å². The van der Waals surface area contributed by atoms with Gasteiger partial charge >= 0.3 is 0 Å². The van der Waals surface area contributed by atoms with Gasteiger partial charge in [0.25, 0.3) is 20.2 Å². The Hall–Kier alpha value is -1.00. The van der Waals surface area contributed by atoms with Crippen LogP contribution in [-0.2, 0) is 26.7 Å². The van der Waals surface area contributed by atoms with E-state index in [4.69, 9.17) is 14.8 Å². The number of hydrogen-bond acceptors (Lipinski definition) is 4. The molecule has 18 heavy (non-hydrogen) atoms. The molecule has 0 saturated carbocycles. The molecule has 0 aromatic heterocycles. The number of rotatable bonds is 5. The Morgan fingerprint density at radius 1 is 1.06 bits per heavy atom. The highest BCUT2D eigenvalue weighted by atomic mass is 32.2. The number of benzene rings is 1. The van der Waals surface area contributed by atoms with E-state index in [0.717, 1.165) is 6.07 Å². The molecule has 0 unspecified atom stereocenters. The zero-order chi connectivity index (χ0) is 14.0. The normalized spacial score (nSPS) is 12.6. The lowest BCUT2D eigenvalue weighted by Crippen LogP contribution is -2.07. The van der Waals surface area contributed by atoms with Gasteiger partial charge in [0.15, 0.2) is 0 Å². The molecular weight excluding hydrogens is 282 g/mol. The Kier molecular flexibility index (Phi) is 4.46. The summed E-state index contributed by atoms with van der Waals surface area (Å²) in [7, 11) is -9.12. The van der Waals surface area contributed by atoms with Gasteiger partial charge in [0.2, 0.25) is 0 Å². The van der Waals surface area contributed by atoms with Crippen molar-refractivity contribution in [2.24, 2.45) is 0 Å². The van der Waals surface area contributed by atoms with Gasteiger partial charge < -0.3 is 0 Å². The van der Waals surface area contributed by atoms with Gasteiger partial charge in [-0.1, -0.05) is 6.07 Å². The maximum absolute atomic E-state index is 11.1. The molecule has 0 heterocycles. The van der Waals surface area contributed by atoms with Crippen molar-refractivity contribution in [2.75, 3.05) is 6.54 Å². The fourth-order valence-electron chi connectivity index (χ4n) is 1.42. The summed E-state index contributed by atoms with van der Waals surface area (Å²) in [5.41, 5.74) is 7.18. The van der Waals surface area contributed by atoms with E-state index in [9.17, 15) is 16.8 Å². The summed E-state index contributed by atoms with van der Waals surface area (Å²) in [6.07, 6.45) is 0.581. The van der Waals surface area contributed by atoms with Crippen LogP contribution in [0.5, 0.6) is 0 Å². The molecule has 0 spiro atoms. The van der Waals surface area contributed by atoms with Crippen LogP contribution in [0, 0.1) is 0 Å². The summed E-state index contributed by atoms with van der Waals surface area (Å²) in [6, 6.07) is 2.94. The van der Waals surface area contributed by atoms with Crippen LogP contribution in [0.1, 0.15) is 12.0 Å². The first-order valence-corrected chi connectivity index (χ1v) is 7.77. The fourth-order valence-corrected chi connectivity index (χ4v) is 2.78. The van der Waals surface area contributed by atoms with Gasteiger partial charge in [-0.3, -0.25) is 14.8 Å². The highest BCUT2D eigenvalue weighted by molar-refractivity contribution is 7.86. The molecule has 0 atom stereocenters. The van der Waals surface area contributed by atoms with Crippen LogP contribution in [0.4, 0.5) is 0 Å². The van der Waals surface area contributed by atoms with E-state index in [1.807, 2.05) is 0 Å². The SMILES string of the molecule is [NH]CCCc1ccc(S(=O)(=O)O)cc1S(=O)(=O)O. The van der Waals surface area contributed by atoms with Crippen molar-refractivity contribution >= 4 is 20.2 Å². The lowest BCUT2D eigenvalue weighted by Gasteiger charge is -2.08. The van der Waals surface area contributed by atoms with Crippen molar-refractivity contribution in [1.29, 1.82) is 0 Å². The monoisotopic (exact) mass is 294 g/mol. The molecule has 0 saturated heterocycles. The third kappa shape index (κ3) is 3.75. The summed E-state index contributed by atoms with van der Waals surface area (Å²) in [5.74, 6) is 0. The van der Waals surface area contributed by atoms with Crippen LogP contribution in [0.2, 0.25) is 0 Å². The van der Waals surface area contributed by atoms with Gasteiger partial charge in [0.05, 0.1) is 9.79 Å². The van der Waals surface area contributed by atoms with Crippen LogP contribution in [-0.4, -0.2) is 32.5 Å². The summed E-state index contributed by atoms with van der Waals surface area (Å²) in [5, 5.41) is 0. The molecule has 0 aliphatic heterocycles. The summed E-state index contributed by atoms with van der Waals surface area (Å²) in [6.45, 7) is 0.0744. The van der Waals surface area contributed by atoms with E-state index in [2.05, 4.69) is 0 Å². The zero-order valence-electron chi connectivity index (χ0n) is 9.20. The predicted octanol–water partition coefficient (Wildman–Crippen LogP) is 0.396. The van der Waals surface area contributed by atoms with Gasteiger partial charge in [-0.05, 0) is 30.5 Å². The van der Waals surface area contributed by atoms with Crippen molar-refractivity contribution < 1.29 is 25.9 Å². The maximum Gasteiger partial charge on any atom is 0.294 e. The largest absolute Gasteiger partial charge is 0.294 e. The summed E-state index contributed by atoms with van der Waals surface area (Å²) >= 11 is 0. The molecule has 0 fully saturated rings. The molecular formula is C9H12NO6S2. The minimum atomic E-state index is -4.58. The molecule has 0 aliphatic rings. The average molecular weight is 294 g/mol. The first kappa shape index (κ1) is 15.1. The van der Waals surface area contributed by atoms with Crippen LogP contribution in [0.3, 0.4) is 0 Å². The molecule has 0 amide bonds. The van der Waals surface area contributed by atoms with E-state index in [1.54, 1.807) is 0 Å². The van der Waals surface area contributed by atoms with Gasteiger partial charge in [-0.25, -0.2) is 0 Å². The first-order valence-electron chi connectivity index (χ1n) is 4.89. The molecule has 0 bridgehead atoms. The highest BCUT2D eigenvalue weighted by Gasteiger charge is 2.19. The molecule has 1 radical (unpaired) electrons. The van der Waals surface area contributed by atoms with E-state index in [1.165, 1.54) is 6.07 Å². The van der Waals surface area contributed by atoms with Gasteiger partial charge in [-0.2, -0.15) is 16.8 Å². The van der Waals surface area contributed by atoms with Gasteiger partial charge in [0.1, 0.15) is 0 Å². The van der Waals surface area contributed by atoms with Crippen molar-refractivity contribution in [3.8, 4) is 0 Å². The van der Waals surface area contributed by atoms with Crippen molar-refractivity contribution in [3.05, 3.63) is 23.8 Å². The third-order valence-corrected chi connectivity index (χ3v) is 4.02. The number of nitrogens with one attached hydrogen (secondary N) is 1. The maximum atomic E-state index is 11.1. The Bertz CT molecular complexity index is 635. The second-order valence-electron chi connectivity index (χ2n) is 3.57. The van der Waals surface area contributed by atoms with Crippen LogP contribution in [0.15, 0.2) is 28.0 Å². The summed E-state index contributed by atoms with van der Waals surface area (Å²) in [4.78, 5) is -1.17. The minimum Gasteiger partial charge on any atom is -0.282 e. The van der Waals surface area contributed by atoms with Crippen LogP contribution in [0.25, 0.3) is 0 Å². The number of hydrogen-bond donors (Lipinski definition) is 2. The standard InChI is InChI=1S/C9H12NO6S2/c10-5-1-2-7-3-4-8(17(11,12)13)6-9(7)18(14,15)16/h3-4,6,10H,1-2,5H2,(H,11,12,13)(H,14,15,16). The molecule has 9 heteroatoms. The van der Waals surface area contributed by atoms with Crippen molar-refractivity contribution in [3.63, 3.8) is 0 Å². The molecule has 3 N–H and O–H groups in total. The summed E-state index contributed by atoms with van der Waals surface area (Å²) < 4.78 is 61.8. The molecule has 7 nitrogen and oxygen atoms in total. The van der Waals surface area contributed by atoms with E-state index < -0.39 is 30.0 Å². The lowest BCUT2D eigenvalue weighted by atomic mass is 10.1. The zero-order valence-corrected chi connectivity index (χ0v) is 10.8. The number of aryl methyl sites for hydroxylation is 1. The molecule has 0 aliphatic carbocycles. The fraction of sp³-hybridized carbons (Fsp3) is 0.333. The van der Waals surface area contributed by atoms with E-state index in [-0.39, 0.29) is 18.5 Å². The van der Waals surface area contributed by atoms with E-state index >= 15 is 0 Å². The molecule has 1 aromatic rings. The van der Waals surface area contributed by atoms with Crippen molar-refractivity contribution in [2.45, 2.75) is 22.6 Å². The highest BCUT2D eigenvalue weighted by Crippen LogP contribution is 2.21. The Morgan fingerprint density at radius 2 is 1.67 bits per heavy atom. The topological polar surface area (TPSA) is 133 Å². The lowest BCUT2D eigenvalue weighted by molar-refractivity contribution is 0.480. The first-order chi connectivity index (χ1) is 8.16. The quantitative estimate of drug-likeness (QED) is 0.755. The second kappa shape index (κ2) is 5.33. The third-order valence-electron chi connectivity index (χ3n) is 2.24. The predicted molar refractivity (Wildman–Crippen MR) is 62.4 cm³/mol. The Morgan fingerprint density at radius 3 is 2.11 bits per heavy atom. The van der Waals surface area contributed by atoms with E-state index in [0.29, 0.717) is 12.5 Å².